The van der Waals surface area contributed by atoms with Gasteiger partial charge in [-0.3, -0.25) is 4.79 Å². The normalized spacial score (nSPS) is 14.1. The third-order valence-electron chi connectivity index (χ3n) is 2.93. The zero-order valence-electron chi connectivity index (χ0n) is 11.3. The minimum absolute atomic E-state index is 0.0267. The van der Waals surface area contributed by atoms with Crippen LogP contribution in [0.15, 0.2) is 0 Å². The van der Waals surface area contributed by atoms with Crippen molar-refractivity contribution >= 4 is 23.5 Å². The first-order valence-corrected chi connectivity index (χ1v) is 7.14. The van der Waals surface area contributed by atoms with Gasteiger partial charge >= 0.3 is 5.97 Å². The highest BCUT2D eigenvalue weighted by atomic mass is 35.5. The number of amides is 1. The summed E-state index contributed by atoms with van der Waals surface area (Å²) in [6.45, 7) is 2.31. The maximum atomic E-state index is 11.7. The number of carbonyl (C=O) groups is 2. The van der Waals surface area contributed by atoms with E-state index in [0.29, 0.717) is 18.3 Å². The Labute approximate surface area is 121 Å². The minimum atomic E-state index is -0.545. The van der Waals surface area contributed by atoms with Crippen LogP contribution in [0.2, 0.25) is 0 Å². The second-order valence-corrected chi connectivity index (χ2v) is 4.82. The van der Waals surface area contributed by atoms with E-state index in [1.54, 1.807) is 6.92 Å². The Bertz CT molecular complexity index is 499. The number of ether oxygens (including phenoxy) is 1. The van der Waals surface area contributed by atoms with E-state index in [2.05, 4.69) is 15.6 Å². The van der Waals surface area contributed by atoms with E-state index in [9.17, 15) is 9.59 Å². The quantitative estimate of drug-likeness (QED) is 0.596. The van der Waals surface area contributed by atoms with E-state index < -0.39 is 5.97 Å². The average molecular weight is 301 g/mol. The fourth-order valence-corrected chi connectivity index (χ4v) is 2.00. The smallest absolute Gasteiger partial charge is 0.360 e. The Kier molecular flexibility index (Phi) is 4.94. The summed E-state index contributed by atoms with van der Waals surface area (Å²) in [6.07, 6.45) is 2.38. The zero-order valence-corrected chi connectivity index (χ0v) is 12.0. The largest absolute Gasteiger partial charge is 0.461 e. The van der Waals surface area contributed by atoms with E-state index in [1.165, 1.54) is 4.68 Å². The molecule has 7 nitrogen and oxygen atoms in total. The predicted octanol–water partition coefficient (Wildman–Crippen LogP) is 0.862. The summed E-state index contributed by atoms with van der Waals surface area (Å²) in [5, 5.41) is 10.5. The number of alkyl halides is 1. The first kappa shape index (κ1) is 14.8. The van der Waals surface area contributed by atoms with Gasteiger partial charge in [-0.25, -0.2) is 9.48 Å². The van der Waals surface area contributed by atoms with Crippen LogP contribution in [-0.4, -0.2) is 39.5 Å². The van der Waals surface area contributed by atoms with Crippen molar-refractivity contribution in [2.24, 2.45) is 0 Å². The zero-order chi connectivity index (χ0) is 14.5. The van der Waals surface area contributed by atoms with Gasteiger partial charge in [0, 0.05) is 12.5 Å². The molecule has 0 saturated heterocycles. The van der Waals surface area contributed by atoms with Crippen LogP contribution >= 0.6 is 11.6 Å². The van der Waals surface area contributed by atoms with Crippen molar-refractivity contribution in [3.8, 4) is 0 Å². The fourth-order valence-electron chi connectivity index (χ4n) is 1.74. The van der Waals surface area contributed by atoms with Crippen LogP contribution in [0.1, 0.15) is 42.4 Å². The number of rotatable bonds is 7. The second kappa shape index (κ2) is 6.69. The van der Waals surface area contributed by atoms with Gasteiger partial charge in [-0.15, -0.1) is 16.7 Å². The minimum Gasteiger partial charge on any atom is -0.461 e. The number of nitrogens with zero attached hydrogens (tertiary/aromatic N) is 3. The van der Waals surface area contributed by atoms with E-state index in [-0.39, 0.29) is 30.5 Å². The predicted molar refractivity (Wildman–Crippen MR) is 71.3 cm³/mol. The van der Waals surface area contributed by atoms with Crippen LogP contribution in [0.25, 0.3) is 0 Å². The van der Waals surface area contributed by atoms with Crippen molar-refractivity contribution in [2.75, 3.05) is 6.61 Å². The van der Waals surface area contributed by atoms with Crippen molar-refractivity contribution in [1.82, 2.24) is 20.3 Å². The summed E-state index contributed by atoms with van der Waals surface area (Å²) in [6, 6.07) is 0.334. The number of hydrogen-bond donors (Lipinski definition) is 1. The number of hydrogen-bond acceptors (Lipinski definition) is 5. The van der Waals surface area contributed by atoms with Gasteiger partial charge in [0.2, 0.25) is 5.91 Å². The molecule has 1 aromatic heterocycles. The van der Waals surface area contributed by atoms with Crippen molar-refractivity contribution in [3.05, 3.63) is 11.4 Å². The van der Waals surface area contributed by atoms with Crippen LogP contribution < -0.4 is 5.32 Å². The molecule has 2 rings (SSSR count). The molecular weight excluding hydrogens is 284 g/mol. The lowest BCUT2D eigenvalue weighted by Crippen LogP contribution is -2.26. The molecule has 8 heteroatoms. The molecule has 0 aromatic carbocycles. The molecule has 20 heavy (non-hydrogen) atoms. The Morgan fingerprint density at radius 1 is 1.50 bits per heavy atom. The monoisotopic (exact) mass is 300 g/mol. The SMILES string of the molecule is CCOC(=O)c1nnn(CCC(=O)NC2CC2)c1CCl. The summed E-state index contributed by atoms with van der Waals surface area (Å²) in [7, 11) is 0. The number of halogens is 1. The molecule has 1 heterocycles. The first-order chi connectivity index (χ1) is 9.65. The Morgan fingerprint density at radius 2 is 2.25 bits per heavy atom. The lowest BCUT2D eigenvalue weighted by molar-refractivity contribution is -0.121. The van der Waals surface area contributed by atoms with Gasteiger partial charge in [-0.2, -0.15) is 0 Å². The maximum Gasteiger partial charge on any atom is 0.360 e. The number of aryl methyl sites for hydroxylation is 1. The first-order valence-electron chi connectivity index (χ1n) is 6.60. The van der Waals surface area contributed by atoms with Crippen molar-refractivity contribution in [2.45, 2.75) is 44.7 Å². The maximum absolute atomic E-state index is 11.7. The van der Waals surface area contributed by atoms with Gasteiger partial charge < -0.3 is 10.1 Å². The highest BCUT2D eigenvalue weighted by Crippen LogP contribution is 2.18. The second-order valence-electron chi connectivity index (χ2n) is 4.55. The number of carbonyl (C=O) groups excluding carboxylic acids is 2. The van der Waals surface area contributed by atoms with Crippen molar-refractivity contribution in [3.63, 3.8) is 0 Å². The lowest BCUT2D eigenvalue weighted by Gasteiger charge is -2.06. The molecule has 0 aliphatic heterocycles. The van der Waals surface area contributed by atoms with Gasteiger partial charge in [0.15, 0.2) is 5.69 Å². The van der Waals surface area contributed by atoms with Crippen LogP contribution in [0, 0.1) is 0 Å². The Morgan fingerprint density at radius 3 is 2.85 bits per heavy atom. The summed E-state index contributed by atoms with van der Waals surface area (Å²) >= 11 is 5.82. The molecule has 1 aliphatic rings. The van der Waals surface area contributed by atoms with Gasteiger partial charge in [-0.1, -0.05) is 5.21 Å². The van der Waals surface area contributed by atoms with Crippen LogP contribution in [-0.2, 0) is 22.0 Å². The van der Waals surface area contributed by atoms with Crippen molar-refractivity contribution in [1.29, 1.82) is 0 Å². The molecule has 0 spiro atoms. The molecule has 0 bridgehead atoms. The Hall–Kier alpha value is -1.63. The standard InChI is InChI=1S/C12H17ClN4O3/c1-2-20-12(19)11-9(7-13)17(16-15-11)6-5-10(18)14-8-3-4-8/h8H,2-7H2,1H3,(H,14,18). The summed E-state index contributed by atoms with van der Waals surface area (Å²) in [5.74, 6) is -0.483. The van der Waals surface area contributed by atoms with Crippen molar-refractivity contribution < 1.29 is 14.3 Å². The van der Waals surface area contributed by atoms with Gasteiger partial charge in [0.25, 0.3) is 0 Å². The van der Waals surface area contributed by atoms with Gasteiger partial charge in [0.05, 0.1) is 24.7 Å². The molecule has 0 radical (unpaired) electrons. The topological polar surface area (TPSA) is 86.1 Å². The van der Waals surface area contributed by atoms with Crippen LogP contribution in [0.5, 0.6) is 0 Å². The molecule has 1 saturated carbocycles. The summed E-state index contributed by atoms with van der Waals surface area (Å²) in [4.78, 5) is 23.3. The van der Waals surface area contributed by atoms with E-state index in [1.807, 2.05) is 0 Å². The number of aromatic nitrogens is 3. The van der Waals surface area contributed by atoms with Gasteiger partial charge in [-0.05, 0) is 19.8 Å². The lowest BCUT2D eigenvalue weighted by atomic mass is 10.3. The van der Waals surface area contributed by atoms with Crippen LogP contribution in [0.3, 0.4) is 0 Å². The van der Waals surface area contributed by atoms with E-state index in [0.717, 1.165) is 12.8 Å². The Balaban J connectivity index is 1.96. The summed E-state index contributed by atoms with van der Waals surface area (Å²) in [5.41, 5.74) is 0.591. The molecule has 1 aromatic rings. The number of esters is 1. The third-order valence-corrected chi connectivity index (χ3v) is 3.18. The molecular formula is C12H17ClN4O3. The van der Waals surface area contributed by atoms with E-state index in [4.69, 9.17) is 16.3 Å². The molecule has 110 valence electrons. The molecule has 0 atom stereocenters. The third kappa shape index (κ3) is 3.69. The average Bonchev–Trinajstić information content (AvgIpc) is 3.13. The molecule has 1 fully saturated rings. The fraction of sp³-hybridized carbons (Fsp3) is 0.667. The van der Waals surface area contributed by atoms with Crippen LogP contribution in [0.4, 0.5) is 0 Å². The molecule has 1 aliphatic carbocycles. The summed E-state index contributed by atoms with van der Waals surface area (Å²) < 4.78 is 6.36. The highest BCUT2D eigenvalue weighted by Gasteiger charge is 2.24. The van der Waals surface area contributed by atoms with E-state index >= 15 is 0 Å². The molecule has 1 N–H and O–H groups in total. The van der Waals surface area contributed by atoms with Gasteiger partial charge in [0.1, 0.15) is 0 Å². The number of nitrogens with one attached hydrogen (secondary N) is 1. The molecule has 1 amide bonds. The molecule has 0 unspecified atom stereocenters. The highest BCUT2D eigenvalue weighted by molar-refractivity contribution is 6.17.